The molecule has 0 heterocycles. The van der Waals surface area contributed by atoms with E-state index in [1.54, 1.807) is 18.2 Å². The van der Waals surface area contributed by atoms with Gasteiger partial charge in [0.1, 0.15) is 6.07 Å². The first kappa shape index (κ1) is 13.5. The third-order valence-corrected chi connectivity index (χ3v) is 3.32. The molecule has 88 valence electrons. The number of hydrogen-bond acceptors (Lipinski definition) is 4. The maximum Gasteiger partial charge on any atom is 0.201 e. The summed E-state index contributed by atoms with van der Waals surface area (Å²) in [6.45, 7) is 1.84. The Morgan fingerprint density at radius 3 is 2.82 bits per heavy atom. The Kier molecular flexibility index (Phi) is 4.49. The molecule has 0 aromatic heterocycles. The summed E-state index contributed by atoms with van der Waals surface area (Å²) in [5, 5.41) is 19.9. The standard InChI is InChI=1S/C10H9BrClN5/c1-5-6(11)2-3-7(9(5)12)16-17-8(4-13)10(14)15/h2-3,16H,1H3,(H3,14,15)/b17-8+. The van der Waals surface area contributed by atoms with Gasteiger partial charge in [-0.15, -0.1) is 0 Å². The van der Waals surface area contributed by atoms with Gasteiger partial charge in [0.05, 0.1) is 10.7 Å². The molecule has 7 heteroatoms. The minimum absolute atomic E-state index is 0.193. The molecular weight excluding hydrogens is 306 g/mol. The SMILES string of the molecule is Cc1c(Br)ccc(N/N=C(\C#N)C(=N)N)c1Cl. The molecule has 17 heavy (non-hydrogen) atoms. The zero-order valence-electron chi connectivity index (χ0n) is 8.88. The Labute approximate surface area is 112 Å². The summed E-state index contributed by atoms with van der Waals surface area (Å²) in [7, 11) is 0. The fourth-order valence-corrected chi connectivity index (χ4v) is 1.66. The van der Waals surface area contributed by atoms with E-state index in [0.29, 0.717) is 10.7 Å². The number of hydrazone groups is 1. The van der Waals surface area contributed by atoms with Crippen molar-refractivity contribution in [1.82, 2.24) is 0 Å². The first-order chi connectivity index (χ1) is 7.97. The number of benzene rings is 1. The van der Waals surface area contributed by atoms with E-state index in [1.807, 2.05) is 6.92 Å². The van der Waals surface area contributed by atoms with Crippen LogP contribution in [0.2, 0.25) is 5.02 Å². The van der Waals surface area contributed by atoms with Crippen molar-refractivity contribution >= 4 is 44.8 Å². The molecular formula is C10H9BrClN5. The number of nitrogens with one attached hydrogen (secondary N) is 2. The van der Waals surface area contributed by atoms with Gasteiger partial charge in [-0.05, 0) is 24.6 Å². The van der Waals surface area contributed by atoms with E-state index < -0.39 is 5.84 Å². The van der Waals surface area contributed by atoms with E-state index in [9.17, 15) is 0 Å². The second-order valence-corrected chi connectivity index (χ2v) is 4.36. The van der Waals surface area contributed by atoms with Crippen molar-refractivity contribution in [3.63, 3.8) is 0 Å². The van der Waals surface area contributed by atoms with Crippen LogP contribution < -0.4 is 11.2 Å². The first-order valence-electron chi connectivity index (χ1n) is 4.50. The Balaban J connectivity index is 3.02. The van der Waals surface area contributed by atoms with Crippen LogP contribution in [0.25, 0.3) is 0 Å². The summed E-state index contributed by atoms with van der Waals surface area (Å²) in [6.07, 6.45) is 0. The minimum Gasteiger partial charge on any atom is -0.382 e. The maximum atomic E-state index is 8.66. The van der Waals surface area contributed by atoms with Gasteiger partial charge in [0.15, 0.2) is 5.84 Å². The van der Waals surface area contributed by atoms with Crippen LogP contribution in [-0.2, 0) is 0 Å². The van der Waals surface area contributed by atoms with Crippen molar-refractivity contribution < 1.29 is 0 Å². The number of nitriles is 1. The molecule has 0 bridgehead atoms. The van der Waals surface area contributed by atoms with Gasteiger partial charge in [-0.25, -0.2) is 0 Å². The molecule has 0 amide bonds. The van der Waals surface area contributed by atoms with E-state index >= 15 is 0 Å². The minimum atomic E-state index is -0.398. The lowest BCUT2D eigenvalue weighted by Gasteiger charge is -2.07. The van der Waals surface area contributed by atoms with Gasteiger partial charge >= 0.3 is 0 Å². The average Bonchev–Trinajstić information content (AvgIpc) is 2.29. The van der Waals surface area contributed by atoms with Crippen LogP contribution >= 0.6 is 27.5 Å². The lowest BCUT2D eigenvalue weighted by Crippen LogP contribution is -2.21. The van der Waals surface area contributed by atoms with Gasteiger partial charge in [0, 0.05) is 4.47 Å². The lowest BCUT2D eigenvalue weighted by molar-refractivity contribution is 1.31. The summed E-state index contributed by atoms with van der Waals surface area (Å²) in [6, 6.07) is 5.21. The molecule has 1 aromatic carbocycles. The molecule has 0 radical (unpaired) electrons. The van der Waals surface area contributed by atoms with Gasteiger partial charge in [0.2, 0.25) is 5.71 Å². The molecule has 4 N–H and O–H groups in total. The highest BCUT2D eigenvalue weighted by atomic mass is 79.9. The Hall–Kier alpha value is -1.58. The van der Waals surface area contributed by atoms with Crippen molar-refractivity contribution in [2.24, 2.45) is 10.8 Å². The summed E-state index contributed by atoms with van der Waals surface area (Å²) >= 11 is 9.42. The van der Waals surface area contributed by atoms with E-state index in [-0.39, 0.29) is 5.71 Å². The second kappa shape index (κ2) is 5.66. The molecule has 0 fully saturated rings. The zero-order valence-corrected chi connectivity index (χ0v) is 11.2. The molecule has 0 saturated heterocycles. The number of halogens is 2. The van der Waals surface area contributed by atoms with Crippen molar-refractivity contribution in [1.29, 1.82) is 10.7 Å². The van der Waals surface area contributed by atoms with Crippen LogP contribution in [0, 0.1) is 23.7 Å². The molecule has 0 atom stereocenters. The van der Waals surface area contributed by atoms with Gasteiger partial charge in [0.25, 0.3) is 0 Å². The number of rotatable bonds is 3. The Bertz CT molecular complexity index is 532. The number of anilines is 1. The molecule has 1 rings (SSSR count). The van der Waals surface area contributed by atoms with Crippen molar-refractivity contribution in [3.8, 4) is 6.07 Å². The smallest absolute Gasteiger partial charge is 0.201 e. The number of hydrogen-bond donors (Lipinski definition) is 3. The van der Waals surface area contributed by atoms with E-state index in [0.717, 1.165) is 10.0 Å². The summed E-state index contributed by atoms with van der Waals surface area (Å²) in [4.78, 5) is 0. The molecule has 0 aliphatic carbocycles. The fraction of sp³-hybridized carbons (Fsp3) is 0.100. The molecule has 0 aliphatic heterocycles. The van der Waals surface area contributed by atoms with Gasteiger partial charge in [-0.3, -0.25) is 10.8 Å². The zero-order chi connectivity index (χ0) is 13.0. The fourth-order valence-electron chi connectivity index (χ4n) is 1.01. The van der Waals surface area contributed by atoms with E-state index in [1.165, 1.54) is 0 Å². The maximum absolute atomic E-state index is 8.66. The van der Waals surface area contributed by atoms with Crippen LogP contribution in [0.5, 0.6) is 0 Å². The van der Waals surface area contributed by atoms with Crippen molar-refractivity contribution in [2.75, 3.05) is 5.43 Å². The van der Waals surface area contributed by atoms with Crippen LogP contribution in [-0.4, -0.2) is 11.5 Å². The number of nitrogens with zero attached hydrogens (tertiary/aromatic N) is 2. The third-order valence-electron chi connectivity index (χ3n) is 1.97. The Morgan fingerprint density at radius 1 is 1.65 bits per heavy atom. The molecule has 0 spiro atoms. The highest BCUT2D eigenvalue weighted by Gasteiger charge is 2.07. The summed E-state index contributed by atoms with van der Waals surface area (Å²) in [5.74, 6) is -0.398. The predicted molar refractivity (Wildman–Crippen MR) is 72.5 cm³/mol. The topological polar surface area (TPSA) is 98.0 Å². The molecule has 5 nitrogen and oxygen atoms in total. The van der Waals surface area contributed by atoms with Crippen molar-refractivity contribution in [3.05, 3.63) is 27.2 Å². The van der Waals surface area contributed by atoms with E-state index in [2.05, 4.69) is 26.5 Å². The van der Waals surface area contributed by atoms with E-state index in [4.69, 9.17) is 28.0 Å². The quantitative estimate of drug-likeness (QED) is 0.454. The third kappa shape index (κ3) is 3.19. The largest absolute Gasteiger partial charge is 0.382 e. The van der Waals surface area contributed by atoms with Crippen LogP contribution in [0.3, 0.4) is 0 Å². The molecule has 0 saturated carbocycles. The van der Waals surface area contributed by atoms with Gasteiger partial charge in [-0.1, -0.05) is 27.5 Å². The van der Waals surface area contributed by atoms with Crippen molar-refractivity contribution in [2.45, 2.75) is 6.92 Å². The number of nitrogens with two attached hydrogens (primary N) is 1. The average molecular weight is 315 g/mol. The lowest BCUT2D eigenvalue weighted by atomic mass is 10.2. The highest BCUT2D eigenvalue weighted by molar-refractivity contribution is 9.10. The second-order valence-electron chi connectivity index (χ2n) is 3.13. The van der Waals surface area contributed by atoms with Gasteiger partial charge < -0.3 is 5.73 Å². The Morgan fingerprint density at radius 2 is 2.29 bits per heavy atom. The van der Waals surface area contributed by atoms with Gasteiger partial charge in [-0.2, -0.15) is 10.4 Å². The first-order valence-corrected chi connectivity index (χ1v) is 5.67. The number of amidine groups is 1. The molecule has 0 aliphatic rings. The molecule has 0 unspecified atom stereocenters. The van der Waals surface area contributed by atoms with Crippen LogP contribution in [0.15, 0.2) is 21.7 Å². The van der Waals surface area contributed by atoms with Crippen LogP contribution in [0.4, 0.5) is 5.69 Å². The van der Waals surface area contributed by atoms with Crippen LogP contribution in [0.1, 0.15) is 5.56 Å². The normalized spacial score (nSPS) is 10.8. The molecule has 1 aromatic rings. The summed E-state index contributed by atoms with van der Waals surface area (Å²) in [5.41, 5.74) is 8.96. The predicted octanol–water partition coefficient (Wildman–Crippen LogP) is 2.64. The highest BCUT2D eigenvalue weighted by Crippen LogP contribution is 2.30. The summed E-state index contributed by atoms with van der Waals surface area (Å²) < 4.78 is 0.879. The monoisotopic (exact) mass is 313 g/mol.